The van der Waals surface area contributed by atoms with E-state index in [9.17, 15) is 0 Å². The summed E-state index contributed by atoms with van der Waals surface area (Å²) in [7, 11) is 0. The average Bonchev–Trinajstić information content (AvgIpc) is 3.33. The largest absolute Gasteiger partial charge is 0.484 e. The van der Waals surface area contributed by atoms with Gasteiger partial charge in [0, 0.05) is 11.3 Å². The number of nitrogen functional groups attached to an aromatic ring is 1. The second-order valence-electron chi connectivity index (χ2n) is 6.38. The maximum Gasteiger partial charge on any atom is 0.293 e. The molecule has 2 heterocycles. The topological polar surface area (TPSA) is 87.3 Å². The van der Waals surface area contributed by atoms with E-state index in [-0.39, 0.29) is 12.5 Å². The molecule has 0 atom stereocenters. The standard InChI is InChI=1S/C21H18ClN3O3/c1-12-5-3-7-16(22)19(12)26-11-14-9-10-18(27-14)21-24-20(25-28-21)15-6-4-8-17(23)13(15)2/h3-10H,11,23H2,1-2H3. The number of aromatic nitrogens is 2. The number of aryl methyl sites for hydroxylation is 1. The SMILES string of the molecule is Cc1cccc(Cl)c1OCc1ccc(-c2nc(-c3cccc(N)c3C)no2)o1. The molecule has 2 aromatic heterocycles. The highest BCUT2D eigenvalue weighted by Crippen LogP contribution is 2.30. The van der Waals surface area contributed by atoms with Crippen molar-refractivity contribution in [2.24, 2.45) is 0 Å². The van der Waals surface area contributed by atoms with Gasteiger partial charge in [-0.25, -0.2) is 0 Å². The Hall–Kier alpha value is -3.25. The fourth-order valence-electron chi connectivity index (χ4n) is 2.84. The second-order valence-corrected chi connectivity index (χ2v) is 6.79. The Balaban J connectivity index is 1.52. The number of ether oxygens (including phenoxy) is 1. The van der Waals surface area contributed by atoms with Crippen molar-refractivity contribution < 1.29 is 13.7 Å². The van der Waals surface area contributed by atoms with Crippen LogP contribution in [0, 0.1) is 13.8 Å². The number of anilines is 1. The van der Waals surface area contributed by atoms with Crippen molar-refractivity contribution in [1.29, 1.82) is 0 Å². The third kappa shape index (κ3) is 3.46. The molecule has 2 N–H and O–H groups in total. The fraction of sp³-hybridized carbons (Fsp3) is 0.143. The molecule has 0 aliphatic heterocycles. The highest BCUT2D eigenvalue weighted by atomic mass is 35.5. The first-order chi connectivity index (χ1) is 13.5. The Morgan fingerprint density at radius 3 is 2.71 bits per heavy atom. The first-order valence-electron chi connectivity index (χ1n) is 8.69. The molecule has 0 fully saturated rings. The van der Waals surface area contributed by atoms with E-state index in [0.29, 0.717) is 33.8 Å². The van der Waals surface area contributed by atoms with Crippen molar-refractivity contribution >= 4 is 17.3 Å². The lowest BCUT2D eigenvalue weighted by atomic mass is 10.1. The van der Waals surface area contributed by atoms with E-state index in [2.05, 4.69) is 10.1 Å². The van der Waals surface area contributed by atoms with E-state index in [1.165, 1.54) is 0 Å². The number of rotatable bonds is 5. The maximum absolute atomic E-state index is 6.18. The fourth-order valence-corrected chi connectivity index (χ4v) is 3.12. The van der Waals surface area contributed by atoms with Gasteiger partial charge >= 0.3 is 0 Å². The number of halogens is 1. The predicted octanol–water partition coefficient (Wildman–Crippen LogP) is 5.43. The molecular weight excluding hydrogens is 378 g/mol. The van der Waals surface area contributed by atoms with E-state index in [1.807, 2.05) is 44.2 Å². The van der Waals surface area contributed by atoms with Crippen LogP contribution in [0.3, 0.4) is 0 Å². The lowest BCUT2D eigenvalue weighted by Gasteiger charge is -2.09. The van der Waals surface area contributed by atoms with Crippen molar-refractivity contribution in [3.05, 3.63) is 70.4 Å². The van der Waals surface area contributed by atoms with Gasteiger partial charge in [0.15, 0.2) is 5.76 Å². The molecule has 0 aliphatic carbocycles. The predicted molar refractivity (Wildman–Crippen MR) is 107 cm³/mol. The van der Waals surface area contributed by atoms with E-state index in [4.69, 9.17) is 31.0 Å². The molecule has 2 aromatic carbocycles. The van der Waals surface area contributed by atoms with Gasteiger partial charge in [-0.15, -0.1) is 0 Å². The summed E-state index contributed by atoms with van der Waals surface area (Å²) in [6.45, 7) is 4.09. The van der Waals surface area contributed by atoms with Gasteiger partial charge in [0.25, 0.3) is 5.89 Å². The third-order valence-corrected chi connectivity index (χ3v) is 4.74. The first kappa shape index (κ1) is 18.1. The Morgan fingerprint density at radius 1 is 1.07 bits per heavy atom. The van der Waals surface area contributed by atoms with Crippen LogP contribution in [-0.4, -0.2) is 10.1 Å². The molecule has 0 bridgehead atoms. The molecule has 0 aliphatic rings. The van der Waals surface area contributed by atoms with Crippen molar-refractivity contribution in [2.45, 2.75) is 20.5 Å². The summed E-state index contributed by atoms with van der Waals surface area (Å²) in [4.78, 5) is 4.42. The van der Waals surface area contributed by atoms with Gasteiger partial charge < -0.3 is 19.4 Å². The number of nitrogens with two attached hydrogens (primary N) is 1. The number of hydrogen-bond acceptors (Lipinski definition) is 6. The maximum atomic E-state index is 6.18. The zero-order chi connectivity index (χ0) is 19.7. The van der Waals surface area contributed by atoms with E-state index >= 15 is 0 Å². The molecule has 142 valence electrons. The average molecular weight is 396 g/mol. The molecule has 0 saturated carbocycles. The second kappa shape index (κ2) is 7.40. The zero-order valence-electron chi connectivity index (χ0n) is 15.4. The minimum Gasteiger partial charge on any atom is -0.484 e. The van der Waals surface area contributed by atoms with E-state index in [0.717, 1.165) is 16.7 Å². The first-order valence-corrected chi connectivity index (χ1v) is 9.07. The summed E-state index contributed by atoms with van der Waals surface area (Å²) in [5.74, 6) is 2.47. The Bertz CT molecular complexity index is 1110. The zero-order valence-corrected chi connectivity index (χ0v) is 16.2. The van der Waals surface area contributed by atoms with E-state index in [1.54, 1.807) is 18.2 Å². The number of benzene rings is 2. The van der Waals surface area contributed by atoms with Crippen LogP contribution < -0.4 is 10.5 Å². The van der Waals surface area contributed by atoms with Crippen molar-refractivity contribution in [2.75, 3.05) is 5.73 Å². The van der Waals surface area contributed by atoms with Gasteiger partial charge in [0.2, 0.25) is 5.82 Å². The van der Waals surface area contributed by atoms with E-state index < -0.39 is 0 Å². The number of furan rings is 1. The Morgan fingerprint density at radius 2 is 1.89 bits per heavy atom. The highest BCUT2D eigenvalue weighted by molar-refractivity contribution is 6.32. The summed E-state index contributed by atoms with van der Waals surface area (Å²) in [6.07, 6.45) is 0. The Labute approximate surface area is 166 Å². The molecule has 0 amide bonds. The van der Waals surface area contributed by atoms with Crippen LogP contribution in [-0.2, 0) is 6.61 Å². The monoisotopic (exact) mass is 395 g/mol. The van der Waals surface area contributed by atoms with Crippen LogP contribution in [0.1, 0.15) is 16.9 Å². The smallest absolute Gasteiger partial charge is 0.293 e. The quantitative estimate of drug-likeness (QED) is 0.453. The van der Waals surface area contributed by atoms with Gasteiger partial charge in [0.1, 0.15) is 18.1 Å². The highest BCUT2D eigenvalue weighted by Gasteiger charge is 2.16. The summed E-state index contributed by atoms with van der Waals surface area (Å²) in [6, 6.07) is 14.8. The summed E-state index contributed by atoms with van der Waals surface area (Å²) in [5.41, 5.74) is 9.31. The van der Waals surface area contributed by atoms with Crippen LogP contribution in [0.15, 0.2) is 57.5 Å². The molecule has 28 heavy (non-hydrogen) atoms. The van der Waals surface area contributed by atoms with Gasteiger partial charge in [0.05, 0.1) is 5.02 Å². The molecule has 6 nitrogen and oxygen atoms in total. The van der Waals surface area contributed by atoms with Crippen LogP contribution >= 0.6 is 11.6 Å². The number of nitrogens with zero attached hydrogens (tertiary/aromatic N) is 2. The Kier molecular flexibility index (Phi) is 4.79. The van der Waals surface area contributed by atoms with Crippen molar-refractivity contribution in [3.8, 4) is 28.8 Å². The number of hydrogen-bond donors (Lipinski definition) is 1. The lowest BCUT2D eigenvalue weighted by molar-refractivity contribution is 0.269. The summed E-state index contributed by atoms with van der Waals surface area (Å²) in [5, 5.41) is 4.60. The molecule has 7 heteroatoms. The molecule has 0 spiro atoms. The number of para-hydroxylation sites is 1. The van der Waals surface area contributed by atoms with Crippen molar-refractivity contribution in [1.82, 2.24) is 10.1 Å². The molecule has 4 rings (SSSR count). The minimum absolute atomic E-state index is 0.236. The van der Waals surface area contributed by atoms with Crippen LogP contribution in [0.2, 0.25) is 5.02 Å². The van der Waals surface area contributed by atoms with Crippen LogP contribution in [0.5, 0.6) is 5.75 Å². The summed E-state index contributed by atoms with van der Waals surface area (Å²) < 4.78 is 16.9. The van der Waals surface area contributed by atoms with Gasteiger partial charge in [-0.05, 0) is 49.2 Å². The molecule has 0 unspecified atom stereocenters. The lowest BCUT2D eigenvalue weighted by Crippen LogP contribution is -1.96. The minimum atomic E-state index is 0.236. The van der Waals surface area contributed by atoms with Gasteiger partial charge in [-0.2, -0.15) is 4.98 Å². The summed E-state index contributed by atoms with van der Waals surface area (Å²) >= 11 is 6.18. The van der Waals surface area contributed by atoms with Gasteiger partial charge in [-0.1, -0.05) is 41.0 Å². The molecule has 0 radical (unpaired) electrons. The molecule has 4 aromatic rings. The van der Waals surface area contributed by atoms with Crippen molar-refractivity contribution in [3.63, 3.8) is 0 Å². The normalized spacial score (nSPS) is 11.0. The van der Waals surface area contributed by atoms with Gasteiger partial charge in [-0.3, -0.25) is 0 Å². The van der Waals surface area contributed by atoms with Crippen LogP contribution in [0.4, 0.5) is 5.69 Å². The van der Waals surface area contributed by atoms with Crippen LogP contribution in [0.25, 0.3) is 23.0 Å². The molecular formula is C21H18ClN3O3. The molecule has 0 saturated heterocycles. The third-order valence-electron chi connectivity index (χ3n) is 4.44.